The maximum atomic E-state index is 12.4. The summed E-state index contributed by atoms with van der Waals surface area (Å²) in [4.78, 5) is 24.8. The number of carbonyl (C=O) groups is 2. The summed E-state index contributed by atoms with van der Waals surface area (Å²) in [7, 11) is 1.51. The van der Waals surface area contributed by atoms with E-state index in [1.165, 1.54) is 13.2 Å². The van der Waals surface area contributed by atoms with Gasteiger partial charge in [0.05, 0.1) is 18.4 Å². The lowest BCUT2D eigenvalue weighted by Crippen LogP contribution is -2.21. The molecule has 1 aliphatic heterocycles. The lowest BCUT2D eigenvalue weighted by atomic mass is 10.1. The Bertz CT molecular complexity index is 1340. The maximum absolute atomic E-state index is 12.4. The van der Waals surface area contributed by atoms with E-state index in [0.717, 1.165) is 16.4 Å². The third kappa shape index (κ3) is 3.66. The van der Waals surface area contributed by atoms with Gasteiger partial charge in [-0.25, -0.2) is 4.79 Å². The molecule has 1 aliphatic rings. The zero-order valence-corrected chi connectivity index (χ0v) is 17.2. The molecular weight excluding hydrogens is 414 g/mol. The van der Waals surface area contributed by atoms with Gasteiger partial charge in [-0.1, -0.05) is 18.2 Å². The molecule has 0 fully saturated rings. The highest BCUT2D eigenvalue weighted by Gasteiger charge is 2.18. The standard InChI is InChI=1S/C24H19NO7/c1-28-21-11-16-15-4-2-3-5-18(15)32-20(16)12-17(21)25-23(26)13-31-24(27)14-6-7-19-22(10-14)30-9-8-29-19/h2-7,10-12H,8-9,13H2,1H3,(H,25,26). The van der Waals surface area contributed by atoms with Crippen LogP contribution in [-0.2, 0) is 9.53 Å². The fourth-order valence-corrected chi connectivity index (χ4v) is 3.59. The van der Waals surface area contributed by atoms with Crippen molar-refractivity contribution in [1.82, 2.24) is 0 Å². The monoisotopic (exact) mass is 433 g/mol. The quantitative estimate of drug-likeness (QED) is 0.472. The van der Waals surface area contributed by atoms with Crippen molar-refractivity contribution in [2.75, 3.05) is 32.2 Å². The molecule has 1 amide bonds. The first kappa shape index (κ1) is 19.7. The Labute approximate surface area is 182 Å². The molecule has 0 bridgehead atoms. The topological polar surface area (TPSA) is 96.2 Å². The van der Waals surface area contributed by atoms with Crippen molar-refractivity contribution in [3.63, 3.8) is 0 Å². The summed E-state index contributed by atoms with van der Waals surface area (Å²) >= 11 is 0. The Morgan fingerprint density at radius 3 is 2.59 bits per heavy atom. The van der Waals surface area contributed by atoms with E-state index in [4.69, 9.17) is 23.4 Å². The van der Waals surface area contributed by atoms with Gasteiger partial charge in [0.15, 0.2) is 18.1 Å². The van der Waals surface area contributed by atoms with Gasteiger partial charge in [0.25, 0.3) is 5.91 Å². The minimum absolute atomic E-state index is 0.267. The minimum atomic E-state index is -0.642. The van der Waals surface area contributed by atoms with Crippen LogP contribution in [0.3, 0.4) is 0 Å². The summed E-state index contributed by atoms with van der Waals surface area (Å²) in [6.07, 6.45) is 0. The number of fused-ring (bicyclic) bond motifs is 4. The average molecular weight is 433 g/mol. The zero-order chi connectivity index (χ0) is 22.1. The molecule has 0 saturated carbocycles. The molecule has 4 aromatic rings. The normalized spacial score (nSPS) is 12.5. The summed E-state index contributed by atoms with van der Waals surface area (Å²) < 4.78 is 27.3. The maximum Gasteiger partial charge on any atom is 0.338 e. The first-order valence-electron chi connectivity index (χ1n) is 9.98. The molecule has 2 heterocycles. The second-order valence-electron chi connectivity index (χ2n) is 7.13. The lowest BCUT2D eigenvalue weighted by Gasteiger charge is -2.18. The van der Waals surface area contributed by atoms with E-state index in [2.05, 4.69) is 5.32 Å². The highest BCUT2D eigenvalue weighted by atomic mass is 16.6. The van der Waals surface area contributed by atoms with Gasteiger partial charge >= 0.3 is 5.97 Å². The SMILES string of the molecule is COc1cc2c(cc1NC(=O)COC(=O)c1ccc3c(c1)OCCO3)oc1ccccc12. The van der Waals surface area contributed by atoms with E-state index in [0.29, 0.717) is 41.7 Å². The van der Waals surface area contributed by atoms with Crippen LogP contribution in [0.25, 0.3) is 21.9 Å². The Kier molecular flexibility index (Phi) is 5.03. The Hall–Kier alpha value is -4.20. The van der Waals surface area contributed by atoms with Crippen molar-refractivity contribution >= 4 is 39.5 Å². The first-order chi connectivity index (χ1) is 15.6. The second-order valence-corrected chi connectivity index (χ2v) is 7.13. The van der Waals surface area contributed by atoms with Crippen LogP contribution in [0, 0.1) is 0 Å². The third-order valence-corrected chi connectivity index (χ3v) is 5.09. The molecule has 0 aliphatic carbocycles. The first-order valence-corrected chi connectivity index (χ1v) is 9.98. The summed E-state index contributed by atoms with van der Waals surface area (Å²) in [5, 5.41) is 4.54. The third-order valence-electron chi connectivity index (χ3n) is 5.09. The summed E-state index contributed by atoms with van der Waals surface area (Å²) in [6.45, 7) is 0.403. The molecule has 0 radical (unpaired) electrons. The highest BCUT2D eigenvalue weighted by molar-refractivity contribution is 6.08. The van der Waals surface area contributed by atoms with Crippen LogP contribution < -0.4 is 19.5 Å². The molecule has 8 heteroatoms. The molecule has 0 atom stereocenters. The summed E-state index contributed by atoms with van der Waals surface area (Å²) in [5.74, 6) is 0.356. The van der Waals surface area contributed by atoms with E-state index < -0.39 is 18.5 Å². The molecule has 8 nitrogen and oxygen atoms in total. The second kappa shape index (κ2) is 8.14. The fraction of sp³-hybridized carbons (Fsp3) is 0.167. The van der Waals surface area contributed by atoms with Crippen molar-refractivity contribution < 1.29 is 33.0 Å². The largest absolute Gasteiger partial charge is 0.495 e. The Balaban J connectivity index is 1.29. The predicted octanol–water partition coefficient (Wildman–Crippen LogP) is 4.16. The summed E-state index contributed by atoms with van der Waals surface area (Å²) in [6, 6.07) is 15.9. The van der Waals surface area contributed by atoms with Crippen LogP contribution in [-0.4, -0.2) is 38.8 Å². The minimum Gasteiger partial charge on any atom is -0.495 e. The Morgan fingerprint density at radius 1 is 0.938 bits per heavy atom. The number of anilines is 1. The fourth-order valence-electron chi connectivity index (χ4n) is 3.59. The molecule has 1 N–H and O–H groups in total. The van der Waals surface area contributed by atoms with Crippen LogP contribution >= 0.6 is 0 Å². The molecule has 162 valence electrons. The van der Waals surface area contributed by atoms with Crippen molar-refractivity contribution in [1.29, 1.82) is 0 Å². The molecule has 5 rings (SSSR count). The highest BCUT2D eigenvalue weighted by Crippen LogP contribution is 2.36. The molecule has 3 aromatic carbocycles. The number of hydrogen-bond acceptors (Lipinski definition) is 7. The van der Waals surface area contributed by atoms with Crippen molar-refractivity contribution in [2.24, 2.45) is 0 Å². The van der Waals surface area contributed by atoms with Crippen LogP contribution in [0.4, 0.5) is 5.69 Å². The molecule has 1 aromatic heterocycles. The number of carbonyl (C=O) groups excluding carboxylic acids is 2. The van der Waals surface area contributed by atoms with Crippen LogP contribution in [0.15, 0.2) is 59.0 Å². The van der Waals surface area contributed by atoms with Gasteiger partial charge in [-0.3, -0.25) is 4.79 Å². The van der Waals surface area contributed by atoms with Gasteiger partial charge in [0.2, 0.25) is 0 Å². The molecule has 0 saturated heterocycles. The molecular formula is C24H19NO7. The Morgan fingerprint density at radius 2 is 1.75 bits per heavy atom. The molecule has 0 unspecified atom stereocenters. The average Bonchev–Trinajstić information content (AvgIpc) is 3.19. The van der Waals surface area contributed by atoms with E-state index in [1.807, 2.05) is 24.3 Å². The van der Waals surface area contributed by atoms with Crippen molar-refractivity contribution in [3.05, 3.63) is 60.2 Å². The molecule has 0 spiro atoms. The number of hydrogen-bond donors (Lipinski definition) is 1. The van der Waals surface area contributed by atoms with Crippen LogP contribution in [0.1, 0.15) is 10.4 Å². The number of methoxy groups -OCH3 is 1. The van der Waals surface area contributed by atoms with E-state index in [-0.39, 0.29) is 5.56 Å². The van der Waals surface area contributed by atoms with E-state index >= 15 is 0 Å². The lowest BCUT2D eigenvalue weighted by molar-refractivity contribution is -0.119. The number of rotatable bonds is 5. The van der Waals surface area contributed by atoms with Gasteiger partial charge in [0, 0.05) is 16.8 Å². The van der Waals surface area contributed by atoms with Gasteiger partial charge < -0.3 is 28.7 Å². The van der Waals surface area contributed by atoms with Gasteiger partial charge in [-0.05, 0) is 30.3 Å². The van der Waals surface area contributed by atoms with E-state index in [1.54, 1.807) is 24.3 Å². The number of furan rings is 1. The molecule has 32 heavy (non-hydrogen) atoms. The number of nitrogens with one attached hydrogen (secondary N) is 1. The number of ether oxygens (including phenoxy) is 4. The van der Waals surface area contributed by atoms with Crippen LogP contribution in [0.2, 0.25) is 0 Å². The smallest absolute Gasteiger partial charge is 0.338 e. The number of esters is 1. The van der Waals surface area contributed by atoms with Gasteiger partial charge in [0.1, 0.15) is 30.1 Å². The summed E-state index contributed by atoms with van der Waals surface area (Å²) in [5.41, 5.74) is 2.03. The number of benzene rings is 3. The number of amides is 1. The van der Waals surface area contributed by atoms with Crippen LogP contribution in [0.5, 0.6) is 17.2 Å². The van der Waals surface area contributed by atoms with Crippen molar-refractivity contribution in [3.8, 4) is 17.2 Å². The van der Waals surface area contributed by atoms with Gasteiger partial charge in [-0.2, -0.15) is 0 Å². The number of para-hydroxylation sites is 1. The van der Waals surface area contributed by atoms with Crippen molar-refractivity contribution in [2.45, 2.75) is 0 Å². The predicted molar refractivity (Wildman–Crippen MR) is 117 cm³/mol. The van der Waals surface area contributed by atoms with E-state index in [9.17, 15) is 9.59 Å². The van der Waals surface area contributed by atoms with Gasteiger partial charge in [-0.15, -0.1) is 0 Å². The zero-order valence-electron chi connectivity index (χ0n) is 17.2.